The van der Waals surface area contributed by atoms with Crippen LogP contribution in [0.4, 0.5) is 0 Å². The first kappa shape index (κ1) is 17.3. The lowest BCUT2D eigenvalue weighted by Crippen LogP contribution is -2.43. The Morgan fingerprint density at radius 3 is 2.44 bits per heavy atom. The molecule has 1 aromatic carbocycles. The lowest BCUT2D eigenvalue weighted by Gasteiger charge is -2.31. The van der Waals surface area contributed by atoms with Crippen LogP contribution in [-0.2, 0) is 11.1 Å². The molecule has 0 bridgehead atoms. The number of aromatic nitrogens is 1. The van der Waals surface area contributed by atoms with Gasteiger partial charge in [-0.05, 0) is 36.1 Å². The van der Waals surface area contributed by atoms with Gasteiger partial charge in [0.1, 0.15) is 0 Å². The molecule has 0 radical (unpaired) electrons. The van der Waals surface area contributed by atoms with E-state index in [2.05, 4.69) is 30.9 Å². The highest BCUT2D eigenvalue weighted by molar-refractivity contribution is 5.97. The van der Waals surface area contributed by atoms with E-state index in [1.807, 2.05) is 12.1 Å². The molecule has 1 aromatic heterocycles. The minimum Gasteiger partial charge on any atom is -0.365 e. The van der Waals surface area contributed by atoms with Crippen molar-refractivity contribution >= 4 is 11.6 Å². The average molecular weight is 337 g/mol. The molecule has 0 spiro atoms. The molecule has 1 amide bonds. The Bertz CT molecular complexity index is 807. The summed E-state index contributed by atoms with van der Waals surface area (Å²) in [6.45, 7) is 8.18. The quantitative estimate of drug-likeness (QED) is 0.913. The average Bonchev–Trinajstić information content (AvgIpc) is 2.90. The minimum absolute atomic E-state index is 0.0143. The number of hydrazone groups is 1. The van der Waals surface area contributed by atoms with Gasteiger partial charge in [0, 0.05) is 35.7 Å². The minimum atomic E-state index is -1.50. The third-order valence-corrected chi connectivity index (χ3v) is 4.44. The molecule has 1 N–H and O–H groups in total. The molecule has 2 heterocycles. The maximum absolute atomic E-state index is 13.0. The Balaban J connectivity index is 1.95. The smallest absolute Gasteiger partial charge is 0.276 e. The second kappa shape index (κ2) is 6.08. The van der Waals surface area contributed by atoms with Crippen molar-refractivity contribution in [3.63, 3.8) is 0 Å². The summed E-state index contributed by atoms with van der Waals surface area (Å²) >= 11 is 0. The Morgan fingerprint density at radius 1 is 1.20 bits per heavy atom. The first-order chi connectivity index (χ1) is 11.7. The Hall–Kier alpha value is -2.53. The van der Waals surface area contributed by atoms with E-state index in [9.17, 15) is 9.90 Å². The molecule has 1 unspecified atom stereocenters. The molecule has 0 saturated heterocycles. The predicted octanol–water partition coefficient (Wildman–Crippen LogP) is 3.45. The van der Waals surface area contributed by atoms with E-state index in [1.165, 1.54) is 5.01 Å². The lowest BCUT2D eigenvalue weighted by molar-refractivity contribution is -0.0767. The van der Waals surface area contributed by atoms with Crippen molar-refractivity contribution in [3.05, 3.63) is 65.5 Å². The van der Waals surface area contributed by atoms with Gasteiger partial charge in [-0.3, -0.25) is 9.78 Å². The maximum atomic E-state index is 13.0. The van der Waals surface area contributed by atoms with Crippen LogP contribution in [-0.4, -0.2) is 26.7 Å². The van der Waals surface area contributed by atoms with Crippen molar-refractivity contribution in [2.75, 3.05) is 0 Å². The summed E-state index contributed by atoms with van der Waals surface area (Å²) in [6, 6.07) is 11.0. The summed E-state index contributed by atoms with van der Waals surface area (Å²) in [5.41, 5.74) is 1.40. The molecule has 1 aliphatic heterocycles. The summed E-state index contributed by atoms with van der Waals surface area (Å²) in [5.74, 6) is -0.330. The third-order valence-electron chi connectivity index (χ3n) is 4.44. The zero-order chi connectivity index (χ0) is 18.2. The number of nitrogens with zero attached hydrogens (tertiary/aromatic N) is 3. The number of carbonyl (C=O) groups is 1. The van der Waals surface area contributed by atoms with Gasteiger partial charge in [-0.1, -0.05) is 39.0 Å². The first-order valence-corrected chi connectivity index (χ1v) is 8.34. The molecule has 130 valence electrons. The van der Waals surface area contributed by atoms with Crippen molar-refractivity contribution in [2.24, 2.45) is 5.10 Å². The van der Waals surface area contributed by atoms with Crippen LogP contribution in [0.15, 0.2) is 53.9 Å². The molecule has 1 atom stereocenters. The van der Waals surface area contributed by atoms with E-state index in [0.717, 1.165) is 5.56 Å². The standard InChI is InChI=1S/C20H23N3O2/c1-14-12-20(25,17-6-5-11-21-13-17)23(22-14)18(24)15-7-9-16(10-8-15)19(2,3)4/h5-11,13,25H,12H2,1-4H3. The summed E-state index contributed by atoms with van der Waals surface area (Å²) in [7, 11) is 0. The van der Waals surface area contributed by atoms with Gasteiger partial charge >= 0.3 is 0 Å². The van der Waals surface area contributed by atoms with Gasteiger partial charge in [0.05, 0.1) is 0 Å². The third kappa shape index (κ3) is 3.20. The molecule has 1 aliphatic rings. The van der Waals surface area contributed by atoms with E-state index in [0.29, 0.717) is 16.8 Å². The van der Waals surface area contributed by atoms with Crippen molar-refractivity contribution < 1.29 is 9.90 Å². The first-order valence-electron chi connectivity index (χ1n) is 8.34. The van der Waals surface area contributed by atoms with Gasteiger partial charge in [0.2, 0.25) is 0 Å². The van der Waals surface area contributed by atoms with Crippen molar-refractivity contribution in [3.8, 4) is 0 Å². The van der Waals surface area contributed by atoms with Crippen molar-refractivity contribution in [2.45, 2.75) is 45.3 Å². The van der Waals surface area contributed by atoms with Crippen LogP contribution in [0.5, 0.6) is 0 Å². The highest BCUT2D eigenvalue weighted by Crippen LogP contribution is 2.36. The Labute approximate surface area is 148 Å². The van der Waals surface area contributed by atoms with Crippen LogP contribution in [0.25, 0.3) is 0 Å². The number of amides is 1. The van der Waals surface area contributed by atoms with E-state index in [1.54, 1.807) is 43.6 Å². The molecule has 2 aromatic rings. The monoisotopic (exact) mass is 337 g/mol. The SMILES string of the molecule is CC1=NN(C(=O)c2ccc(C(C)(C)C)cc2)C(O)(c2cccnc2)C1. The summed E-state index contributed by atoms with van der Waals surface area (Å²) in [6.07, 6.45) is 3.47. The second-order valence-corrected chi connectivity index (χ2v) is 7.51. The topological polar surface area (TPSA) is 65.8 Å². The summed E-state index contributed by atoms with van der Waals surface area (Å²) in [5, 5.41) is 16.6. The number of aliphatic hydroxyl groups is 1. The highest BCUT2D eigenvalue weighted by Gasteiger charge is 2.45. The molecule has 0 saturated carbocycles. The second-order valence-electron chi connectivity index (χ2n) is 7.51. The van der Waals surface area contributed by atoms with Gasteiger partial charge in [0.15, 0.2) is 5.72 Å². The predicted molar refractivity (Wildman–Crippen MR) is 97.2 cm³/mol. The largest absolute Gasteiger partial charge is 0.365 e. The van der Waals surface area contributed by atoms with Crippen LogP contribution in [0.1, 0.15) is 55.6 Å². The van der Waals surface area contributed by atoms with Gasteiger partial charge in [0.25, 0.3) is 5.91 Å². The van der Waals surface area contributed by atoms with Gasteiger partial charge in [-0.15, -0.1) is 0 Å². The molecular weight excluding hydrogens is 314 g/mol. The number of hydrogen-bond acceptors (Lipinski definition) is 4. The van der Waals surface area contributed by atoms with Crippen LogP contribution in [0.3, 0.4) is 0 Å². The van der Waals surface area contributed by atoms with E-state index in [-0.39, 0.29) is 17.7 Å². The van der Waals surface area contributed by atoms with Crippen molar-refractivity contribution in [1.29, 1.82) is 0 Å². The molecular formula is C20H23N3O2. The van der Waals surface area contributed by atoms with Crippen LogP contribution < -0.4 is 0 Å². The number of carbonyl (C=O) groups excluding carboxylic acids is 1. The number of hydrogen-bond donors (Lipinski definition) is 1. The summed E-state index contributed by atoms with van der Waals surface area (Å²) in [4.78, 5) is 17.0. The van der Waals surface area contributed by atoms with Gasteiger partial charge < -0.3 is 5.11 Å². The maximum Gasteiger partial charge on any atom is 0.276 e. The molecule has 0 fully saturated rings. The lowest BCUT2D eigenvalue weighted by atomic mass is 9.86. The molecule has 0 aliphatic carbocycles. The summed E-state index contributed by atoms with van der Waals surface area (Å²) < 4.78 is 0. The fraction of sp³-hybridized carbons (Fsp3) is 0.350. The van der Waals surface area contributed by atoms with E-state index in [4.69, 9.17) is 0 Å². The van der Waals surface area contributed by atoms with Crippen molar-refractivity contribution in [1.82, 2.24) is 9.99 Å². The molecule has 5 heteroatoms. The number of rotatable bonds is 2. The molecule has 25 heavy (non-hydrogen) atoms. The van der Waals surface area contributed by atoms with Crippen LogP contribution >= 0.6 is 0 Å². The van der Waals surface area contributed by atoms with E-state index < -0.39 is 5.72 Å². The van der Waals surface area contributed by atoms with Crippen LogP contribution in [0, 0.1) is 0 Å². The fourth-order valence-electron chi connectivity index (χ4n) is 2.99. The fourth-order valence-corrected chi connectivity index (χ4v) is 2.99. The highest BCUT2D eigenvalue weighted by atomic mass is 16.3. The Kier molecular flexibility index (Phi) is 4.21. The molecule has 5 nitrogen and oxygen atoms in total. The van der Waals surface area contributed by atoms with Crippen LogP contribution in [0.2, 0.25) is 0 Å². The number of benzene rings is 1. The zero-order valence-electron chi connectivity index (χ0n) is 15.0. The molecule has 3 rings (SSSR count). The normalized spacial score (nSPS) is 20.5. The van der Waals surface area contributed by atoms with Gasteiger partial charge in [-0.2, -0.15) is 10.1 Å². The zero-order valence-corrected chi connectivity index (χ0v) is 15.0. The number of pyridine rings is 1. The van der Waals surface area contributed by atoms with E-state index >= 15 is 0 Å². The van der Waals surface area contributed by atoms with Gasteiger partial charge in [-0.25, -0.2) is 0 Å². The Morgan fingerprint density at radius 2 is 1.88 bits per heavy atom.